The fraction of sp³-hybridized carbons (Fsp3) is 0.706. The Kier molecular flexibility index (Phi) is 8.40. The number of hydrogen-bond acceptors (Lipinski definition) is 5. The van der Waals surface area contributed by atoms with Gasteiger partial charge in [0.2, 0.25) is 10.0 Å². The smallest absolute Gasteiger partial charge is 0.211 e. The van der Waals surface area contributed by atoms with Crippen LogP contribution in [0.15, 0.2) is 27.8 Å². The fourth-order valence-electron chi connectivity index (χ4n) is 2.93. The summed E-state index contributed by atoms with van der Waals surface area (Å²) in [6, 6.07) is 4.03. The molecule has 3 N–H and O–H groups in total. The van der Waals surface area contributed by atoms with E-state index >= 15 is 0 Å². The van der Waals surface area contributed by atoms with E-state index in [0.717, 1.165) is 25.4 Å². The standard InChI is InChI=1S/C17H31N5O3S/c1-3-18-17(19-9-10-21-26(23,24)4-2)20-14-15(16-8-7-13-25-16)22-11-5-6-12-22/h7-8,13,15,21H,3-6,9-12,14H2,1-2H3,(H2,18,19,20). The molecule has 2 rings (SSSR count). The first kappa shape index (κ1) is 20.7. The Morgan fingerprint density at radius 2 is 2.04 bits per heavy atom. The van der Waals surface area contributed by atoms with Gasteiger partial charge in [0.15, 0.2) is 5.96 Å². The highest BCUT2D eigenvalue weighted by Gasteiger charge is 2.25. The van der Waals surface area contributed by atoms with E-state index in [-0.39, 0.29) is 11.8 Å². The Hall–Kier alpha value is -1.58. The second-order valence-corrected chi connectivity index (χ2v) is 8.31. The van der Waals surface area contributed by atoms with Crippen LogP contribution in [0.5, 0.6) is 0 Å². The molecule has 8 nitrogen and oxygen atoms in total. The number of aliphatic imine (C=N–C) groups is 1. The van der Waals surface area contributed by atoms with E-state index in [0.29, 0.717) is 25.6 Å². The molecular formula is C17H31N5O3S. The molecule has 1 aromatic rings. The molecule has 0 spiro atoms. The average Bonchev–Trinajstić information content (AvgIpc) is 3.33. The molecule has 1 aliphatic rings. The minimum absolute atomic E-state index is 0.0851. The van der Waals surface area contributed by atoms with E-state index in [1.807, 2.05) is 19.1 Å². The Bertz CT molecular complexity index is 639. The molecule has 0 amide bonds. The van der Waals surface area contributed by atoms with Gasteiger partial charge in [0.05, 0.1) is 24.6 Å². The molecule has 0 radical (unpaired) electrons. The Balaban J connectivity index is 1.92. The van der Waals surface area contributed by atoms with Crippen LogP contribution >= 0.6 is 0 Å². The van der Waals surface area contributed by atoms with Crippen LogP contribution in [0.1, 0.15) is 38.5 Å². The van der Waals surface area contributed by atoms with Gasteiger partial charge in [-0.3, -0.25) is 9.89 Å². The van der Waals surface area contributed by atoms with Gasteiger partial charge < -0.3 is 15.1 Å². The number of hydrogen-bond donors (Lipinski definition) is 3. The van der Waals surface area contributed by atoms with Crippen molar-refractivity contribution in [2.75, 3.05) is 45.0 Å². The van der Waals surface area contributed by atoms with Gasteiger partial charge in [-0.15, -0.1) is 0 Å². The summed E-state index contributed by atoms with van der Waals surface area (Å²) in [5.41, 5.74) is 0. The second kappa shape index (κ2) is 10.5. The van der Waals surface area contributed by atoms with Crippen molar-refractivity contribution in [3.8, 4) is 0 Å². The molecule has 2 heterocycles. The minimum atomic E-state index is -3.17. The molecule has 0 aliphatic carbocycles. The topological polar surface area (TPSA) is 99.0 Å². The van der Waals surface area contributed by atoms with E-state index in [1.165, 1.54) is 12.8 Å². The molecule has 9 heteroatoms. The predicted molar refractivity (Wildman–Crippen MR) is 104 cm³/mol. The van der Waals surface area contributed by atoms with E-state index in [1.54, 1.807) is 13.2 Å². The van der Waals surface area contributed by atoms with Crippen LogP contribution in [0.4, 0.5) is 0 Å². The molecule has 0 aromatic carbocycles. The molecule has 0 saturated carbocycles. The third-order valence-corrected chi connectivity index (χ3v) is 5.74. The van der Waals surface area contributed by atoms with Crippen LogP contribution in [-0.2, 0) is 10.0 Å². The lowest BCUT2D eigenvalue weighted by atomic mass is 10.2. The number of rotatable bonds is 10. The van der Waals surface area contributed by atoms with Crippen molar-refractivity contribution in [2.45, 2.75) is 32.7 Å². The highest BCUT2D eigenvalue weighted by atomic mass is 32.2. The summed E-state index contributed by atoms with van der Waals surface area (Å²) in [6.45, 7) is 7.86. The summed E-state index contributed by atoms with van der Waals surface area (Å²) >= 11 is 0. The van der Waals surface area contributed by atoms with Crippen molar-refractivity contribution in [1.82, 2.24) is 20.3 Å². The van der Waals surface area contributed by atoms with Crippen molar-refractivity contribution in [1.29, 1.82) is 0 Å². The van der Waals surface area contributed by atoms with Crippen LogP contribution < -0.4 is 15.4 Å². The molecule has 1 unspecified atom stereocenters. The number of nitrogens with one attached hydrogen (secondary N) is 3. The van der Waals surface area contributed by atoms with Crippen molar-refractivity contribution in [3.63, 3.8) is 0 Å². The molecule has 1 aromatic heterocycles. The largest absolute Gasteiger partial charge is 0.468 e. The summed E-state index contributed by atoms with van der Waals surface area (Å²) in [4.78, 5) is 7.09. The van der Waals surface area contributed by atoms with Gasteiger partial charge in [0.1, 0.15) is 5.76 Å². The zero-order valence-corrected chi connectivity index (χ0v) is 16.5. The van der Waals surface area contributed by atoms with Gasteiger partial charge in [0, 0.05) is 19.6 Å². The van der Waals surface area contributed by atoms with Gasteiger partial charge >= 0.3 is 0 Å². The summed E-state index contributed by atoms with van der Waals surface area (Å²) in [7, 11) is -3.17. The third-order valence-electron chi connectivity index (χ3n) is 4.34. The Morgan fingerprint density at radius 1 is 1.27 bits per heavy atom. The lowest BCUT2D eigenvalue weighted by Gasteiger charge is -2.24. The van der Waals surface area contributed by atoms with E-state index in [4.69, 9.17) is 4.42 Å². The summed E-state index contributed by atoms with van der Waals surface area (Å²) in [5, 5.41) is 6.37. The molecule has 1 atom stereocenters. The minimum Gasteiger partial charge on any atom is -0.468 e. The fourth-order valence-corrected chi connectivity index (χ4v) is 3.55. The number of nitrogens with zero attached hydrogens (tertiary/aromatic N) is 2. The number of furan rings is 1. The zero-order valence-electron chi connectivity index (χ0n) is 15.7. The van der Waals surface area contributed by atoms with Crippen LogP contribution in [-0.4, -0.2) is 64.3 Å². The summed E-state index contributed by atoms with van der Waals surface area (Å²) < 4.78 is 31.1. The highest BCUT2D eigenvalue weighted by molar-refractivity contribution is 7.89. The normalized spacial score (nSPS) is 17.4. The monoisotopic (exact) mass is 385 g/mol. The van der Waals surface area contributed by atoms with E-state index in [9.17, 15) is 8.42 Å². The summed E-state index contributed by atoms with van der Waals surface area (Å²) in [6.07, 6.45) is 4.11. The molecule has 148 valence electrons. The van der Waals surface area contributed by atoms with Gasteiger partial charge in [-0.1, -0.05) is 0 Å². The lowest BCUT2D eigenvalue weighted by Crippen LogP contribution is -2.42. The van der Waals surface area contributed by atoms with Crippen molar-refractivity contribution < 1.29 is 12.8 Å². The summed E-state index contributed by atoms with van der Waals surface area (Å²) in [5.74, 6) is 1.70. The first-order chi connectivity index (χ1) is 12.6. The number of likely N-dealkylation sites (tertiary alicyclic amines) is 1. The SMILES string of the molecule is CCNC(=NCC(c1ccco1)N1CCCC1)NCCNS(=O)(=O)CC. The van der Waals surface area contributed by atoms with Gasteiger partial charge in [0.25, 0.3) is 0 Å². The first-order valence-corrected chi connectivity index (χ1v) is 11.0. The van der Waals surface area contributed by atoms with E-state index in [2.05, 4.69) is 25.2 Å². The third kappa shape index (κ3) is 6.62. The molecular weight excluding hydrogens is 354 g/mol. The Labute approximate surface area is 156 Å². The molecule has 26 heavy (non-hydrogen) atoms. The van der Waals surface area contributed by atoms with Crippen molar-refractivity contribution >= 4 is 16.0 Å². The van der Waals surface area contributed by atoms with Crippen LogP contribution in [0, 0.1) is 0 Å². The average molecular weight is 386 g/mol. The maximum Gasteiger partial charge on any atom is 0.211 e. The molecule has 1 aliphatic heterocycles. The maximum atomic E-state index is 11.5. The van der Waals surface area contributed by atoms with Crippen molar-refractivity contribution in [3.05, 3.63) is 24.2 Å². The zero-order chi connectivity index (χ0) is 18.8. The number of guanidine groups is 1. The second-order valence-electron chi connectivity index (χ2n) is 6.22. The van der Waals surface area contributed by atoms with Gasteiger partial charge in [-0.05, 0) is 51.9 Å². The number of sulfonamides is 1. The van der Waals surface area contributed by atoms with Crippen molar-refractivity contribution in [2.24, 2.45) is 4.99 Å². The van der Waals surface area contributed by atoms with Crippen LogP contribution in [0.25, 0.3) is 0 Å². The first-order valence-electron chi connectivity index (χ1n) is 9.32. The quantitative estimate of drug-likeness (QED) is 0.315. The molecule has 1 saturated heterocycles. The van der Waals surface area contributed by atoms with Gasteiger partial charge in [-0.2, -0.15) is 0 Å². The van der Waals surface area contributed by atoms with Crippen LogP contribution in [0.3, 0.4) is 0 Å². The van der Waals surface area contributed by atoms with E-state index < -0.39 is 10.0 Å². The highest BCUT2D eigenvalue weighted by Crippen LogP contribution is 2.25. The lowest BCUT2D eigenvalue weighted by molar-refractivity contribution is 0.221. The predicted octanol–water partition coefficient (Wildman–Crippen LogP) is 0.911. The van der Waals surface area contributed by atoms with Gasteiger partial charge in [-0.25, -0.2) is 13.1 Å². The molecule has 1 fully saturated rings. The maximum absolute atomic E-state index is 11.5. The molecule has 0 bridgehead atoms. The van der Waals surface area contributed by atoms with Crippen LogP contribution in [0.2, 0.25) is 0 Å². The Morgan fingerprint density at radius 3 is 2.65 bits per heavy atom.